The van der Waals surface area contributed by atoms with Crippen LogP contribution in [0, 0.1) is 5.92 Å². The van der Waals surface area contributed by atoms with E-state index in [0.717, 1.165) is 37.1 Å². The Hall–Kier alpha value is -2.33. The molecule has 0 aromatic heterocycles. The maximum atomic E-state index is 12.4. The van der Waals surface area contributed by atoms with Crippen molar-refractivity contribution >= 4 is 11.6 Å². The summed E-state index contributed by atoms with van der Waals surface area (Å²) in [5.41, 5.74) is 2.06. The highest BCUT2D eigenvalue weighted by atomic mass is 16.5. The molecule has 2 aromatic carbocycles. The summed E-state index contributed by atoms with van der Waals surface area (Å²) in [7, 11) is 0. The molecule has 1 fully saturated rings. The smallest absolute Gasteiger partial charge is 0.227 e. The highest BCUT2D eigenvalue weighted by molar-refractivity contribution is 5.94. The van der Waals surface area contributed by atoms with E-state index in [9.17, 15) is 4.79 Å². The number of nitrogens with one attached hydrogen (secondary N) is 1. The van der Waals surface area contributed by atoms with Crippen LogP contribution < -0.4 is 10.1 Å². The maximum absolute atomic E-state index is 12.4. The van der Waals surface area contributed by atoms with E-state index >= 15 is 0 Å². The van der Waals surface area contributed by atoms with Gasteiger partial charge in [-0.2, -0.15) is 0 Å². The van der Waals surface area contributed by atoms with Gasteiger partial charge in [0, 0.05) is 19.1 Å². The van der Waals surface area contributed by atoms with Gasteiger partial charge in [-0.25, -0.2) is 0 Å². The van der Waals surface area contributed by atoms with Crippen LogP contribution in [0.3, 0.4) is 0 Å². The van der Waals surface area contributed by atoms with Gasteiger partial charge in [-0.1, -0.05) is 42.5 Å². The average Bonchev–Trinajstić information content (AvgIpc) is 2.68. The summed E-state index contributed by atoms with van der Waals surface area (Å²) >= 11 is 0. The first-order valence-electron chi connectivity index (χ1n) is 8.97. The Morgan fingerprint density at radius 3 is 2.56 bits per heavy atom. The highest BCUT2D eigenvalue weighted by Gasteiger charge is 2.22. The van der Waals surface area contributed by atoms with Crippen molar-refractivity contribution in [3.05, 3.63) is 60.2 Å². The van der Waals surface area contributed by atoms with E-state index in [1.165, 1.54) is 5.56 Å². The quantitative estimate of drug-likeness (QED) is 0.774. The van der Waals surface area contributed by atoms with Crippen LogP contribution in [0.15, 0.2) is 54.6 Å². The largest absolute Gasteiger partial charge is 0.491 e. The summed E-state index contributed by atoms with van der Waals surface area (Å²) in [4.78, 5) is 12.4. The third kappa shape index (κ3) is 5.33. The summed E-state index contributed by atoms with van der Waals surface area (Å²) < 4.78 is 11.2. The van der Waals surface area contributed by atoms with Crippen LogP contribution in [0.2, 0.25) is 0 Å². The molecule has 2 aromatic rings. The van der Waals surface area contributed by atoms with E-state index in [-0.39, 0.29) is 11.8 Å². The predicted octanol–water partition coefficient (Wildman–Crippen LogP) is 4.06. The minimum Gasteiger partial charge on any atom is -0.491 e. The van der Waals surface area contributed by atoms with Gasteiger partial charge in [0.2, 0.25) is 5.91 Å². The Balaban J connectivity index is 1.50. The lowest BCUT2D eigenvalue weighted by molar-refractivity contribution is -0.122. The van der Waals surface area contributed by atoms with Crippen molar-refractivity contribution in [3.63, 3.8) is 0 Å². The minimum atomic E-state index is 0.0277. The van der Waals surface area contributed by atoms with Crippen molar-refractivity contribution in [2.45, 2.75) is 25.7 Å². The molecule has 4 heteroatoms. The molecule has 1 N–H and O–H groups in total. The van der Waals surface area contributed by atoms with E-state index in [1.54, 1.807) is 0 Å². The van der Waals surface area contributed by atoms with Gasteiger partial charge in [-0.05, 0) is 43.4 Å². The van der Waals surface area contributed by atoms with E-state index in [4.69, 9.17) is 9.47 Å². The standard InChI is InChI=1S/C21H25NO3/c23-21(18-12-15-24-16-13-18)22-19-10-4-5-11-20(19)25-14-6-9-17-7-2-1-3-8-17/h1-5,7-8,10-11,18H,6,9,12-16H2,(H,22,23). The molecule has 0 bridgehead atoms. The maximum Gasteiger partial charge on any atom is 0.227 e. The first kappa shape index (κ1) is 17.5. The summed E-state index contributed by atoms with van der Waals surface area (Å²) in [5.74, 6) is 0.819. The number of amides is 1. The van der Waals surface area contributed by atoms with Crippen molar-refractivity contribution < 1.29 is 14.3 Å². The first-order valence-corrected chi connectivity index (χ1v) is 8.97. The van der Waals surface area contributed by atoms with Crippen LogP contribution in [-0.4, -0.2) is 25.7 Å². The molecule has 0 atom stereocenters. The molecule has 1 aliphatic rings. The van der Waals surface area contributed by atoms with Gasteiger partial charge >= 0.3 is 0 Å². The molecule has 3 rings (SSSR count). The fourth-order valence-electron chi connectivity index (χ4n) is 2.99. The fraction of sp³-hybridized carbons (Fsp3) is 0.381. The monoisotopic (exact) mass is 339 g/mol. The number of carbonyl (C=O) groups excluding carboxylic acids is 1. The molecule has 0 radical (unpaired) electrons. The molecule has 4 nitrogen and oxygen atoms in total. The van der Waals surface area contributed by atoms with Gasteiger partial charge in [-0.3, -0.25) is 4.79 Å². The Morgan fingerprint density at radius 2 is 1.76 bits per heavy atom. The molecular weight excluding hydrogens is 314 g/mol. The molecule has 0 aliphatic carbocycles. The number of anilines is 1. The van der Waals surface area contributed by atoms with Gasteiger partial charge in [0.15, 0.2) is 0 Å². The summed E-state index contributed by atoms with van der Waals surface area (Å²) in [6.07, 6.45) is 3.49. The SMILES string of the molecule is O=C(Nc1ccccc1OCCCc1ccccc1)C1CCOCC1. The highest BCUT2D eigenvalue weighted by Crippen LogP contribution is 2.26. The van der Waals surface area contributed by atoms with Crippen LogP contribution >= 0.6 is 0 Å². The van der Waals surface area contributed by atoms with Gasteiger partial charge in [-0.15, -0.1) is 0 Å². The van der Waals surface area contributed by atoms with Crippen molar-refractivity contribution in [1.82, 2.24) is 0 Å². The lowest BCUT2D eigenvalue weighted by Gasteiger charge is -2.22. The zero-order valence-electron chi connectivity index (χ0n) is 14.4. The van der Waals surface area contributed by atoms with Crippen LogP contribution in [-0.2, 0) is 16.0 Å². The molecule has 25 heavy (non-hydrogen) atoms. The summed E-state index contributed by atoms with van der Waals surface area (Å²) in [5, 5.41) is 3.02. The molecule has 1 amide bonds. The van der Waals surface area contributed by atoms with Crippen LogP contribution in [0.4, 0.5) is 5.69 Å². The lowest BCUT2D eigenvalue weighted by Crippen LogP contribution is -2.28. The Morgan fingerprint density at radius 1 is 1.04 bits per heavy atom. The second kappa shape index (κ2) is 9.23. The Labute approximate surface area is 149 Å². The fourth-order valence-corrected chi connectivity index (χ4v) is 2.99. The number of rotatable bonds is 7. The molecular formula is C21H25NO3. The topological polar surface area (TPSA) is 47.6 Å². The van der Waals surface area contributed by atoms with E-state index in [2.05, 4.69) is 29.6 Å². The van der Waals surface area contributed by atoms with Crippen molar-refractivity contribution in [3.8, 4) is 5.75 Å². The van der Waals surface area contributed by atoms with Gasteiger partial charge in [0.25, 0.3) is 0 Å². The number of carbonyl (C=O) groups is 1. The van der Waals surface area contributed by atoms with Gasteiger partial charge < -0.3 is 14.8 Å². The molecule has 0 spiro atoms. The normalized spacial score (nSPS) is 14.9. The third-order valence-electron chi connectivity index (χ3n) is 4.45. The zero-order valence-corrected chi connectivity index (χ0v) is 14.4. The zero-order chi connectivity index (χ0) is 17.3. The predicted molar refractivity (Wildman–Crippen MR) is 98.9 cm³/mol. The van der Waals surface area contributed by atoms with Crippen LogP contribution in [0.1, 0.15) is 24.8 Å². The number of ether oxygens (including phenoxy) is 2. The number of para-hydroxylation sites is 2. The van der Waals surface area contributed by atoms with E-state index in [0.29, 0.717) is 19.8 Å². The molecule has 0 saturated carbocycles. The molecule has 1 aliphatic heterocycles. The second-order valence-electron chi connectivity index (χ2n) is 6.31. The second-order valence-corrected chi connectivity index (χ2v) is 6.31. The minimum absolute atomic E-state index is 0.0277. The number of hydrogen-bond acceptors (Lipinski definition) is 3. The summed E-state index contributed by atoms with van der Waals surface area (Å²) in [6.45, 7) is 1.95. The molecule has 1 heterocycles. The Kier molecular flexibility index (Phi) is 6.46. The average molecular weight is 339 g/mol. The number of benzene rings is 2. The van der Waals surface area contributed by atoms with Crippen LogP contribution in [0.5, 0.6) is 5.75 Å². The molecule has 1 saturated heterocycles. The first-order chi connectivity index (χ1) is 12.3. The Bertz CT molecular complexity index is 666. The summed E-state index contributed by atoms with van der Waals surface area (Å²) in [6, 6.07) is 18.0. The van der Waals surface area contributed by atoms with E-state index < -0.39 is 0 Å². The van der Waals surface area contributed by atoms with Crippen LogP contribution in [0.25, 0.3) is 0 Å². The van der Waals surface area contributed by atoms with Gasteiger partial charge in [0.1, 0.15) is 5.75 Å². The number of hydrogen-bond donors (Lipinski definition) is 1. The third-order valence-corrected chi connectivity index (χ3v) is 4.45. The number of aryl methyl sites for hydroxylation is 1. The lowest BCUT2D eigenvalue weighted by atomic mass is 9.99. The van der Waals surface area contributed by atoms with Crippen molar-refractivity contribution in [2.24, 2.45) is 5.92 Å². The van der Waals surface area contributed by atoms with Crippen molar-refractivity contribution in [2.75, 3.05) is 25.1 Å². The van der Waals surface area contributed by atoms with Gasteiger partial charge in [0.05, 0.1) is 12.3 Å². The van der Waals surface area contributed by atoms with Crippen molar-refractivity contribution in [1.29, 1.82) is 0 Å². The molecule has 0 unspecified atom stereocenters. The van der Waals surface area contributed by atoms with E-state index in [1.807, 2.05) is 30.3 Å². The molecule has 132 valence electrons.